The molecule has 244 valence electrons. The van der Waals surface area contributed by atoms with Crippen molar-refractivity contribution in [3.05, 3.63) is 191 Å². The lowest BCUT2D eigenvalue weighted by molar-refractivity contribution is 0.591. The van der Waals surface area contributed by atoms with Gasteiger partial charge in [-0.1, -0.05) is 121 Å². The Labute approximate surface area is 303 Å². The van der Waals surface area contributed by atoms with Crippen LogP contribution in [0.3, 0.4) is 0 Å². The van der Waals surface area contributed by atoms with E-state index in [9.17, 15) is 0 Å². The average Bonchev–Trinajstić information content (AvgIpc) is 3.99. The lowest BCUT2D eigenvalue weighted by Crippen LogP contribution is -2.31. The van der Waals surface area contributed by atoms with Crippen LogP contribution in [0.4, 0.5) is 0 Å². The molecule has 0 saturated heterocycles. The Hall–Kier alpha value is -4.96. The standard InChI is InChI=1S/C43H28N2O2P2S2/c46-48(29-13-5-1-6-14-29,30-15-7-2-8-16-30)33-25-37-39(44-27-33)40-38(43(37)35-21-23-50-41(35)42-36(43)22-24-51-42)26-34(28-45-40)49(47,31-17-9-3-10-18-31)32-19-11-4-12-20-32/h1-28H. The van der Waals surface area contributed by atoms with Crippen LogP contribution < -0.4 is 31.8 Å². The third-order valence-corrected chi connectivity index (χ3v) is 18.4. The second kappa shape index (κ2) is 11.5. The van der Waals surface area contributed by atoms with Gasteiger partial charge in [-0.3, -0.25) is 9.97 Å². The molecule has 0 unspecified atom stereocenters. The molecule has 4 heterocycles. The molecule has 4 aromatic carbocycles. The SMILES string of the molecule is O=P(c1ccccc1)(c1ccccc1)c1cnc2c(c1)C1(c3cc(P(=O)(c4ccccc4)c4ccccc4)cnc3-2)c2ccsc2-c2sccc21. The normalized spacial score (nSPS) is 13.8. The van der Waals surface area contributed by atoms with Gasteiger partial charge in [0.25, 0.3) is 0 Å². The van der Waals surface area contributed by atoms with Crippen LogP contribution in [0.15, 0.2) is 169 Å². The Morgan fingerprint density at radius 2 is 0.745 bits per heavy atom. The molecule has 0 fully saturated rings. The van der Waals surface area contributed by atoms with Gasteiger partial charge in [-0.15, -0.1) is 22.7 Å². The number of pyridine rings is 2. The van der Waals surface area contributed by atoms with Gasteiger partial charge in [0.05, 0.1) is 16.8 Å². The average molecular weight is 731 g/mol. The predicted octanol–water partition coefficient (Wildman–Crippen LogP) is 8.22. The highest BCUT2D eigenvalue weighted by Crippen LogP contribution is 2.65. The van der Waals surface area contributed by atoms with Crippen LogP contribution >= 0.6 is 37.0 Å². The maximum Gasteiger partial charge on any atom is 0.172 e. The van der Waals surface area contributed by atoms with Gasteiger partial charge >= 0.3 is 0 Å². The van der Waals surface area contributed by atoms with Crippen molar-refractivity contribution in [1.29, 1.82) is 0 Å². The highest BCUT2D eigenvalue weighted by Gasteiger charge is 2.55. The number of benzene rings is 4. The summed E-state index contributed by atoms with van der Waals surface area (Å²) in [6, 6.07) is 47.7. The predicted molar refractivity (Wildman–Crippen MR) is 213 cm³/mol. The van der Waals surface area contributed by atoms with Crippen molar-refractivity contribution in [1.82, 2.24) is 9.97 Å². The third kappa shape index (κ3) is 4.19. The van der Waals surface area contributed by atoms with E-state index in [1.165, 1.54) is 9.75 Å². The van der Waals surface area contributed by atoms with E-state index < -0.39 is 19.7 Å². The second-order valence-corrected chi connectivity index (χ2v) is 20.2. The first-order chi connectivity index (χ1) is 25.1. The van der Waals surface area contributed by atoms with E-state index in [-0.39, 0.29) is 0 Å². The monoisotopic (exact) mass is 730 g/mol. The van der Waals surface area contributed by atoms with Crippen LogP contribution in [-0.2, 0) is 14.5 Å². The van der Waals surface area contributed by atoms with Crippen LogP contribution in [0.25, 0.3) is 21.1 Å². The molecular weight excluding hydrogens is 703 g/mol. The zero-order chi connectivity index (χ0) is 34.2. The van der Waals surface area contributed by atoms with Gasteiger partial charge in [-0.05, 0) is 46.2 Å². The Morgan fingerprint density at radius 1 is 0.412 bits per heavy atom. The summed E-state index contributed by atoms with van der Waals surface area (Å²) in [6.45, 7) is 0. The van der Waals surface area contributed by atoms with Crippen molar-refractivity contribution in [2.24, 2.45) is 0 Å². The van der Waals surface area contributed by atoms with Crippen LogP contribution in [0.1, 0.15) is 22.3 Å². The first-order valence-corrected chi connectivity index (χ1v) is 21.8. The quantitative estimate of drug-likeness (QED) is 0.162. The van der Waals surface area contributed by atoms with E-state index in [0.717, 1.165) is 54.9 Å². The van der Waals surface area contributed by atoms with E-state index in [1.807, 2.05) is 121 Å². The summed E-state index contributed by atoms with van der Waals surface area (Å²) in [5.74, 6) is 0. The van der Waals surface area contributed by atoms with Gasteiger partial charge < -0.3 is 9.13 Å². The van der Waals surface area contributed by atoms with E-state index in [2.05, 4.69) is 35.0 Å². The molecule has 8 heteroatoms. The maximum atomic E-state index is 15.7. The molecule has 2 aliphatic carbocycles. The van der Waals surface area contributed by atoms with Crippen molar-refractivity contribution in [2.75, 3.05) is 0 Å². The molecule has 0 aliphatic heterocycles. The Kier molecular flexibility index (Phi) is 6.97. The molecule has 0 amide bonds. The van der Waals surface area contributed by atoms with Gasteiger partial charge in [-0.25, -0.2) is 0 Å². The van der Waals surface area contributed by atoms with E-state index in [4.69, 9.17) is 9.97 Å². The van der Waals surface area contributed by atoms with Crippen molar-refractivity contribution >= 4 is 68.8 Å². The number of aromatic nitrogens is 2. The van der Waals surface area contributed by atoms with Crippen molar-refractivity contribution in [3.8, 4) is 21.1 Å². The summed E-state index contributed by atoms with van der Waals surface area (Å²) in [5.41, 5.74) is 5.00. The topological polar surface area (TPSA) is 59.9 Å². The van der Waals surface area contributed by atoms with Gasteiger partial charge in [0.15, 0.2) is 14.3 Å². The highest BCUT2D eigenvalue weighted by atomic mass is 32.1. The number of hydrogen-bond acceptors (Lipinski definition) is 6. The van der Waals surface area contributed by atoms with Crippen molar-refractivity contribution < 1.29 is 9.13 Å². The Morgan fingerprint density at radius 3 is 1.08 bits per heavy atom. The van der Waals surface area contributed by atoms with Gasteiger partial charge in [0, 0.05) is 65.1 Å². The molecule has 0 N–H and O–H groups in total. The summed E-state index contributed by atoms with van der Waals surface area (Å²) < 4.78 is 31.4. The van der Waals surface area contributed by atoms with Crippen LogP contribution in [-0.4, -0.2) is 9.97 Å². The lowest BCUT2D eigenvalue weighted by Gasteiger charge is -2.30. The fourth-order valence-electron chi connectivity index (χ4n) is 8.08. The molecule has 51 heavy (non-hydrogen) atoms. The van der Waals surface area contributed by atoms with E-state index in [0.29, 0.717) is 10.6 Å². The van der Waals surface area contributed by atoms with E-state index >= 15 is 9.13 Å². The molecule has 0 saturated carbocycles. The largest absolute Gasteiger partial charge is 0.309 e. The fourth-order valence-corrected chi connectivity index (χ4v) is 15.4. The minimum absolute atomic E-state index is 0.672. The molecule has 8 aromatic rings. The number of thiophene rings is 2. The molecule has 0 bridgehead atoms. The first-order valence-electron chi connectivity index (χ1n) is 16.7. The summed E-state index contributed by atoms with van der Waals surface area (Å²) in [7, 11) is -6.68. The summed E-state index contributed by atoms with van der Waals surface area (Å²) >= 11 is 3.47. The smallest absolute Gasteiger partial charge is 0.172 e. The van der Waals surface area contributed by atoms with Gasteiger partial charge in [0.1, 0.15) is 0 Å². The minimum Gasteiger partial charge on any atom is -0.309 e. The fraction of sp³-hybridized carbons (Fsp3) is 0.0233. The van der Waals surface area contributed by atoms with Gasteiger partial charge in [-0.2, -0.15) is 0 Å². The first kappa shape index (κ1) is 30.8. The molecule has 4 nitrogen and oxygen atoms in total. The van der Waals surface area contributed by atoms with E-state index in [1.54, 1.807) is 35.1 Å². The molecular formula is C43H28N2O2P2S2. The van der Waals surface area contributed by atoms with Crippen LogP contribution in [0.5, 0.6) is 0 Å². The van der Waals surface area contributed by atoms with Crippen molar-refractivity contribution in [3.63, 3.8) is 0 Å². The lowest BCUT2D eigenvalue weighted by atomic mass is 9.72. The number of nitrogens with zero attached hydrogens (tertiary/aromatic N) is 2. The van der Waals surface area contributed by atoms with Gasteiger partial charge in [0.2, 0.25) is 0 Å². The third-order valence-electron chi connectivity index (χ3n) is 10.3. The summed E-state index contributed by atoms with van der Waals surface area (Å²) in [6.07, 6.45) is 3.57. The van der Waals surface area contributed by atoms with Crippen LogP contribution in [0.2, 0.25) is 0 Å². The Bertz CT molecular complexity index is 2430. The molecule has 4 aromatic heterocycles. The molecule has 1 spiro atoms. The number of hydrogen-bond donors (Lipinski definition) is 0. The minimum atomic E-state index is -3.34. The number of fused-ring (bicyclic) bond motifs is 10. The molecule has 0 radical (unpaired) electrons. The zero-order valence-corrected chi connectivity index (χ0v) is 30.5. The van der Waals surface area contributed by atoms with Crippen molar-refractivity contribution in [2.45, 2.75) is 5.41 Å². The summed E-state index contributed by atoms with van der Waals surface area (Å²) in [4.78, 5) is 12.8. The number of rotatable bonds is 6. The summed E-state index contributed by atoms with van der Waals surface area (Å²) in [5, 5.41) is 8.68. The molecule has 10 rings (SSSR count). The highest BCUT2D eigenvalue weighted by molar-refractivity contribution is 7.85. The molecule has 2 aliphatic rings. The Balaban J connectivity index is 1.28. The zero-order valence-electron chi connectivity index (χ0n) is 27.1. The second-order valence-electron chi connectivity index (χ2n) is 12.8. The van der Waals surface area contributed by atoms with Crippen LogP contribution in [0, 0.1) is 0 Å². The molecule has 0 atom stereocenters. The maximum absolute atomic E-state index is 15.7.